The Kier molecular flexibility index (Phi) is 5.13. The molecular formula is C12H11BrF2O4. The second kappa shape index (κ2) is 6.21. The number of hydrogen-bond donors (Lipinski definition) is 2. The van der Waals surface area contributed by atoms with Crippen LogP contribution in [0.5, 0.6) is 0 Å². The Morgan fingerprint density at radius 3 is 2.26 bits per heavy atom. The predicted octanol–water partition coefficient (Wildman–Crippen LogP) is 2.77. The standard InChI is InChI=1S/C12H11BrF2O4/c1-5(16)9(13)8-4-6(10(17)12(18)19)2-3-7(8)11(14)15/h2-4,9-11,17H,1H3,(H,18,19). The zero-order valence-electron chi connectivity index (χ0n) is 9.81. The van der Waals surface area contributed by atoms with Crippen LogP contribution in [-0.2, 0) is 9.59 Å². The molecule has 1 aromatic carbocycles. The van der Waals surface area contributed by atoms with Gasteiger partial charge >= 0.3 is 5.97 Å². The number of rotatable bonds is 5. The highest BCUT2D eigenvalue weighted by molar-refractivity contribution is 9.09. The Labute approximate surface area is 116 Å². The van der Waals surface area contributed by atoms with Crippen LogP contribution in [0.2, 0.25) is 0 Å². The van der Waals surface area contributed by atoms with E-state index in [-0.39, 0.29) is 16.7 Å². The molecule has 19 heavy (non-hydrogen) atoms. The summed E-state index contributed by atoms with van der Waals surface area (Å²) in [7, 11) is 0. The molecule has 0 bridgehead atoms. The molecule has 2 N–H and O–H groups in total. The summed E-state index contributed by atoms with van der Waals surface area (Å²) >= 11 is 2.98. The highest BCUT2D eigenvalue weighted by Gasteiger charge is 2.24. The fourth-order valence-corrected chi connectivity index (χ4v) is 1.94. The zero-order valence-corrected chi connectivity index (χ0v) is 11.4. The van der Waals surface area contributed by atoms with Gasteiger partial charge in [0.15, 0.2) is 6.10 Å². The van der Waals surface area contributed by atoms with E-state index in [4.69, 9.17) is 5.11 Å². The minimum atomic E-state index is -2.80. The van der Waals surface area contributed by atoms with Crippen molar-refractivity contribution in [2.24, 2.45) is 0 Å². The predicted molar refractivity (Wildman–Crippen MR) is 66.3 cm³/mol. The van der Waals surface area contributed by atoms with Crippen LogP contribution in [-0.4, -0.2) is 22.0 Å². The Morgan fingerprint density at radius 1 is 1.26 bits per heavy atom. The van der Waals surface area contributed by atoms with Gasteiger partial charge < -0.3 is 10.2 Å². The summed E-state index contributed by atoms with van der Waals surface area (Å²) in [5, 5.41) is 18.1. The third kappa shape index (κ3) is 3.57. The Balaban J connectivity index is 3.33. The van der Waals surface area contributed by atoms with E-state index in [1.54, 1.807) is 0 Å². The van der Waals surface area contributed by atoms with Crippen LogP contribution < -0.4 is 0 Å². The van der Waals surface area contributed by atoms with Crippen LogP contribution in [0.4, 0.5) is 8.78 Å². The number of hydrogen-bond acceptors (Lipinski definition) is 3. The molecule has 2 atom stereocenters. The number of ketones is 1. The van der Waals surface area contributed by atoms with Gasteiger partial charge in [-0.2, -0.15) is 0 Å². The Morgan fingerprint density at radius 2 is 1.84 bits per heavy atom. The van der Waals surface area contributed by atoms with Crippen molar-refractivity contribution in [1.29, 1.82) is 0 Å². The van der Waals surface area contributed by atoms with Crippen molar-refractivity contribution < 1.29 is 28.6 Å². The highest BCUT2D eigenvalue weighted by atomic mass is 79.9. The van der Waals surface area contributed by atoms with Gasteiger partial charge in [0.1, 0.15) is 5.78 Å². The second-order valence-corrected chi connectivity index (χ2v) is 4.82. The van der Waals surface area contributed by atoms with Crippen LogP contribution in [0.25, 0.3) is 0 Å². The van der Waals surface area contributed by atoms with Gasteiger partial charge in [-0.15, -0.1) is 0 Å². The first-order valence-corrected chi connectivity index (χ1v) is 6.14. The molecule has 0 saturated carbocycles. The maximum Gasteiger partial charge on any atom is 0.337 e. The molecule has 4 nitrogen and oxygen atoms in total. The molecule has 0 amide bonds. The van der Waals surface area contributed by atoms with Crippen LogP contribution in [0.1, 0.15) is 41.0 Å². The first-order valence-electron chi connectivity index (χ1n) is 5.23. The maximum atomic E-state index is 12.8. The molecule has 0 fully saturated rings. The van der Waals surface area contributed by atoms with E-state index >= 15 is 0 Å². The lowest BCUT2D eigenvalue weighted by atomic mass is 9.97. The number of carbonyl (C=O) groups excluding carboxylic acids is 1. The van der Waals surface area contributed by atoms with Crippen molar-refractivity contribution in [3.8, 4) is 0 Å². The summed E-state index contributed by atoms with van der Waals surface area (Å²) in [5.41, 5.74) is -0.476. The smallest absolute Gasteiger partial charge is 0.337 e. The quantitative estimate of drug-likeness (QED) is 0.811. The fraction of sp³-hybridized carbons (Fsp3) is 0.333. The fourth-order valence-electron chi connectivity index (χ4n) is 1.54. The molecule has 1 rings (SSSR count). The number of carboxylic acids is 1. The number of alkyl halides is 3. The summed E-state index contributed by atoms with van der Waals surface area (Å²) in [6.45, 7) is 1.22. The number of halogens is 3. The topological polar surface area (TPSA) is 74.6 Å². The summed E-state index contributed by atoms with van der Waals surface area (Å²) in [6, 6.07) is 3.21. The molecule has 0 heterocycles. The average molecular weight is 337 g/mol. The number of aliphatic carboxylic acids is 1. The van der Waals surface area contributed by atoms with Crippen molar-refractivity contribution in [2.45, 2.75) is 24.3 Å². The molecule has 1 aromatic rings. The highest BCUT2D eigenvalue weighted by Crippen LogP contribution is 2.34. The number of benzene rings is 1. The van der Waals surface area contributed by atoms with Gasteiger partial charge in [0.2, 0.25) is 0 Å². The SMILES string of the molecule is CC(=O)C(Br)c1cc(C(O)C(=O)O)ccc1C(F)F. The number of aliphatic hydroxyl groups excluding tert-OH is 1. The molecule has 0 saturated heterocycles. The van der Waals surface area contributed by atoms with E-state index in [2.05, 4.69) is 15.9 Å². The van der Waals surface area contributed by atoms with E-state index in [0.29, 0.717) is 0 Å². The Hall–Kier alpha value is -1.34. The molecule has 2 unspecified atom stereocenters. The number of carboxylic acid groups (broad SMARTS) is 1. The van der Waals surface area contributed by atoms with E-state index < -0.39 is 29.1 Å². The lowest BCUT2D eigenvalue weighted by Gasteiger charge is -2.15. The lowest BCUT2D eigenvalue weighted by molar-refractivity contribution is -0.146. The van der Waals surface area contributed by atoms with Gasteiger partial charge in [0, 0.05) is 5.56 Å². The normalized spacial score (nSPS) is 14.2. The van der Waals surface area contributed by atoms with Gasteiger partial charge in [-0.3, -0.25) is 4.79 Å². The van der Waals surface area contributed by atoms with E-state index in [1.165, 1.54) is 6.92 Å². The third-order valence-electron chi connectivity index (χ3n) is 2.53. The summed E-state index contributed by atoms with van der Waals surface area (Å²) in [5.74, 6) is -1.89. The average Bonchev–Trinajstić information content (AvgIpc) is 2.35. The molecular weight excluding hydrogens is 326 g/mol. The molecule has 0 aromatic heterocycles. The van der Waals surface area contributed by atoms with E-state index in [0.717, 1.165) is 18.2 Å². The first kappa shape index (κ1) is 15.7. The number of carbonyl (C=O) groups is 2. The zero-order chi connectivity index (χ0) is 14.7. The largest absolute Gasteiger partial charge is 0.479 e. The van der Waals surface area contributed by atoms with E-state index in [9.17, 15) is 23.5 Å². The van der Waals surface area contributed by atoms with Crippen molar-refractivity contribution in [3.05, 3.63) is 34.9 Å². The minimum absolute atomic E-state index is 0.0414. The van der Waals surface area contributed by atoms with Crippen LogP contribution >= 0.6 is 15.9 Å². The van der Waals surface area contributed by atoms with Crippen molar-refractivity contribution in [3.63, 3.8) is 0 Å². The Bertz CT molecular complexity index is 505. The monoisotopic (exact) mass is 336 g/mol. The van der Waals surface area contributed by atoms with Crippen molar-refractivity contribution in [2.75, 3.05) is 0 Å². The lowest BCUT2D eigenvalue weighted by Crippen LogP contribution is -2.12. The van der Waals surface area contributed by atoms with Gasteiger partial charge in [0.25, 0.3) is 6.43 Å². The van der Waals surface area contributed by atoms with Gasteiger partial charge in [-0.1, -0.05) is 34.1 Å². The van der Waals surface area contributed by atoms with Crippen LogP contribution in [0.15, 0.2) is 18.2 Å². The second-order valence-electron chi connectivity index (χ2n) is 3.90. The molecule has 0 spiro atoms. The third-order valence-corrected chi connectivity index (χ3v) is 3.66. The maximum absolute atomic E-state index is 12.8. The summed E-state index contributed by atoms with van der Waals surface area (Å²) in [4.78, 5) is 20.9. The molecule has 7 heteroatoms. The molecule has 104 valence electrons. The van der Waals surface area contributed by atoms with Gasteiger partial charge in [-0.05, 0) is 18.1 Å². The summed E-state index contributed by atoms with van der Waals surface area (Å²) < 4.78 is 25.7. The minimum Gasteiger partial charge on any atom is -0.479 e. The molecule has 0 aliphatic heterocycles. The first-order chi connectivity index (χ1) is 8.75. The van der Waals surface area contributed by atoms with Crippen LogP contribution in [0, 0.1) is 0 Å². The van der Waals surface area contributed by atoms with Gasteiger partial charge in [0.05, 0.1) is 4.83 Å². The number of aliphatic hydroxyl groups is 1. The van der Waals surface area contributed by atoms with Crippen molar-refractivity contribution in [1.82, 2.24) is 0 Å². The van der Waals surface area contributed by atoms with E-state index in [1.807, 2.05) is 0 Å². The molecule has 0 aliphatic rings. The van der Waals surface area contributed by atoms with Crippen LogP contribution in [0.3, 0.4) is 0 Å². The molecule has 0 radical (unpaired) electrons. The molecule has 0 aliphatic carbocycles. The van der Waals surface area contributed by atoms with Gasteiger partial charge in [-0.25, -0.2) is 13.6 Å². The summed E-state index contributed by atoms with van der Waals surface area (Å²) in [6.07, 6.45) is -4.62. The van der Waals surface area contributed by atoms with Crippen molar-refractivity contribution >= 4 is 27.7 Å². The number of Topliss-reactive ketones (excluding diaryl/α,β-unsaturated/α-hetero) is 1.